The second kappa shape index (κ2) is 11.2. The first-order valence-electron chi connectivity index (χ1n) is 18.4. The predicted octanol–water partition coefficient (Wildman–Crippen LogP) is 6.39. The minimum Gasteiger partial charge on any atom is -0.314 e. The molecule has 0 bridgehead atoms. The lowest BCUT2D eigenvalue weighted by Crippen LogP contribution is -2.85. The summed E-state index contributed by atoms with van der Waals surface area (Å²) in [6.45, 7) is 4.82. The summed E-state index contributed by atoms with van der Waals surface area (Å²) in [5.41, 5.74) is 0.405. The molecule has 5 heterocycles. The molecule has 5 aliphatic heterocycles. The third-order valence-electron chi connectivity index (χ3n) is 14.4. The van der Waals surface area contributed by atoms with Gasteiger partial charge in [0.2, 0.25) is 0 Å². The first-order valence-corrected chi connectivity index (χ1v) is 18.4. The van der Waals surface area contributed by atoms with Gasteiger partial charge in [0.05, 0.1) is 0 Å². The van der Waals surface area contributed by atoms with Crippen LogP contribution in [0.1, 0.15) is 128 Å². The normalized spacial score (nSPS) is 48.2. The molecule has 3 N–H and O–H groups in total. The van der Waals surface area contributed by atoms with Crippen molar-refractivity contribution >= 4 is 6.71 Å². The quantitative estimate of drug-likeness (QED) is 0.359. The molecule has 0 aromatic carbocycles. The van der Waals surface area contributed by atoms with Gasteiger partial charge in [-0.15, -0.1) is 0 Å². The standard InChI is InChI=1S/C34H59BN4/c1-3-12-24(13-4-1)35-27-17-8-7-16-26(27)34(31-28(35)18-9-21-36-31)32-29(19-10-22-37-32)39(25-14-5-2-6-15-25)30-20-11-23-38-33(30)34/h24-33,36-38H,1-23H2. The van der Waals surface area contributed by atoms with Gasteiger partial charge in [-0.05, 0) is 76.3 Å². The van der Waals surface area contributed by atoms with E-state index < -0.39 is 0 Å². The number of rotatable bonds is 2. The monoisotopic (exact) mass is 534 g/mol. The van der Waals surface area contributed by atoms with Crippen LogP contribution in [0.3, 0.4) is 0 Å². The van der Waals surface area contributed by atoms with E-state index in [-0.39, 0.29) is 0 Å². The van der Waals surface area contributed by atoms with Crippen molar-refractivity contribution in [2.75, 3.05) is 19.6 Å². The fraction of sp³-hybridized carbons (Fsp3) is 1.00. The number of fused-ring (bicyclic) bond motifs is 8. The Morgan fingerprint density at radius 1 is 0.487 bits per heavy atom. The Morgan fingerprint density at radius 2 is 1.03 bits per heavy atom. The van der Waals surface area contributed by atoms with Gasteiger partial charge in [-0.3, -0.25) is 4.90 Å². The van der Waals surface area contributed by atoms with Crippen molar-refractivity contribution in [3.05, 3.63) is 0 Å². The molecule has 8 rings (SSSR count). The second-order valence-electron chi connectivity index (χ2n) is 15.8. The Labute approximate surface area is 240 Å². The van der Waals surface area contributed by atoms with Crippen molar-refractivity contribution in [2.24, 2.45) is 11.3 Å². The molecule has 0 aromatic heterocycles. The molecule has 8 unspecified atom stereocenters. The Bertz CT molecular complexity index is 720. The van der Waals surface area contributed by atoms with E-state index in [9.17, 15) is 0 Å². The zero-order chi connectivity index (χ0) is 25.8. The maximum absolute atomic E-state index is 4.45. The lowest BCUT2D eigenvalue weighted by Gasteiger charge is -2.74. The van der Waals surface area contributed by atoms with E-state index in [0.717, 1.165) is 54.2 Å². The maximum Gasteiger partial charge on any atom is 0.151 e. The Morgan fingerprint density at radius 3 is 1.72 bits per heavy atom. The highest BCUT2D eigenvalue weighted by Crippen LogP contribution is 2.67. The van der Waals surface area contributed by atoms with E-state index in [1.165, 1.54) is 129 Å². The average Bonchev–Trinajstić information content (AvgIpc) is 3.02. The molecule has 0 radical (unpaired) electrons. The van der Waals surface area contributed by atoms with Gasteiger partial charge in [0, 0.05) is 41.7 Å². The van der Waals surface area contributed by atoms with Crippen LogP contribution < -0.4 is 16.0 Å². The third-order valence-corrected chi connectivity index (χ3v) is 14.4. The SMILES string of the molecule is C1CCC(B2C3CCCCC3C3(C4NCCCC24)C2NCCCC2N(C2CCCCC2)C2CCCNC23)CC1. The van der Waals surface area contributed by atoms with Crippen LogP contribution >= 0.6 is 0 Å². The highest BCUT2D eigenvalue weighted by Gasteiger charge is 2.71. The van der Waals surface area contributed by atoms with E-state index >= 15 is 0 Å². The molecule has 218 valence electrons. The van der Waals surface area contributed by atoms with Crippen molar-refractivity contribution < 1.29 is 0 Å². The molecule has 0 amide bonds. The number of hydrogen-bond acceptors (Lipinski definition) is 4. The molecule has 4 nitrogen and oxygen atoms in total. The van der Waals surface area contributed by atoms with E-state index in [0.29, 0.717) is 17.5 Å². The van der Waals surface area contributed by atoms with Crippen LogP contribution in [0.15, 0.2) is 0 Å². The van der Waals surface area contributed by atoms with Gasteiger partial charge in [-0.1, -0.05) is 95.1 Å². The van der Waals surface area contributed by atoms with Crippen LogP contribution in [0.25, 0.3) is 0 Å². The van der Waals surface area contributed by atoms with E-state index in [1.54, 1.807) is 19.3 Å². The summed E-state index contributed by atoms with van der Waals surface area (Å²) in [4.78, 5) is 3.24. The Kier molecular flexibility index (Phi) is 7.62. The average molecular weight is 535 g/mol. The van der Waals surface area contributed by atoms with E-state index in [4.69, 9.17) is 0 Å². The fourth-order valence-electron chi connectivity index (χ4n) is 13.5. The summed E-state index contributed by atoms with van der Waals surface area (Å²) in [7, 11) is 0. The molecule has 3 aliphatic carbocycles. The molecule has 0 aromatic rings. The lowest BCUT2D eigenvalue weighted by atomic mass is 9.16. The third kappa shape index (κ3) is 4.20. The van der Waals surface area contributed by atoms with Gasteiger partial charge in [0.15, 0.2) is 6.71 Å². The number of nitrogens with one attached hydrogen (secondary N) is 3. The number of likely N-dealkylation sites (tertiary alicyclic amines) is 1. The van der Waals surface area contributed by atoms with Crippen molar-refractivity contribution in [1.29, 1.82) is 0 Å². The first kappa shape index (κ1) is 26.5. The summed E-state index contributed by atoms with van der Waals surface area (Å²) in [5.74, 6) is 3.88. The zero-order valence-electron chi connectivity index (χ0n) is 25.1. The largest absolute Gasteiger partial charge is 0.314 e. The van der Waals surface area contributed by atoms with Crippen molar-refractivity contribution in [2.45, 2.75) is 182 Å². The lowest BCUT2D eigenvalue weighted by molar-refractivity contribution is -0.158. The van der Waals surface area contributed by atoms with E-state index in [1.807, 2.05) is 0 Å². The van der Waals surface area contributed by atoms with Gasteiger partial charge in [0.1, 0.15) is 0 Å². The zero-order valence-corrected chi connectivity index (χ0v) is 25.1. The molecule has 1 spiro atoms. The first-order chi connectivity index (χ1) is 19.4. The van der Waals surface area contributed by atoms with Crippen LogP contribution in [0.4, 0.5) is 0 Å². The Hall–Kier alpha value is -0.0951. The maximum atomic E-state index is 4.45. The number of nitrogens with zero attached hydrogens (tertiary/aromatic N) is 1. The van der Waals surface area contributed by atoms with Crippen LogP contribution in [0.5, 0.6) is 0 Å². The molecule has 39 heavy (non-hydrogen) atoms. The molecule has 3 saturated carbocycles. The number of piperidine rings is 4. The van der Waals surface area contributed by atoms with Gasteiger partial charge < -0.3 is 16.0 Å². The molecule has 5 saturated heterocycles. The van der Waals surface area contributed by atoms with Gasteiger partial charge >= 0.3 is 0 Å². The molecule has 8 aliphatic rings. The number of hydrogen-bond donors (Lipinski definition) is 3. The smallest absolute Gasteiger partial charge is 0.151 e. The summed E-state index contributed by atoms with van der Waals surface area (Å²) in [6, 6.07) is 4.53. The highest BCUT2D eigenvalue weighted by molar-refractivity contribution is 6.64. The summed E-state index contributed by atoms with van der Waals surface area (Å²) < 4.78 is 0. The molecular weight excluding hydrogens is 475 g/mol. The van der Waals surface area contributed by atoms with Gasteiger partial charge in [-0.25, -0.2) is 0 Å². The predicted molar refractivity (Wildman–Crippen MR) is 164 cm³/mol. The second-order valence-corrected chi connectivity index (χ2v) is 15.8. The summed E-state index contributed by atoms with van der Waals surface area (Å²) >= 11 is 0. The van der Waals surface area contributed by atoms with E-state index in [2.05, 4.69) is 20.9 Å². The molecule has 8 atom stereocenters. The minimum absolute atomic E-state index is 0.405. The van der Waals surface area contributed by atoms with Crippen LogP contribution in [-0.4, -0.2) is 67.5 Å². The topological polar surface area (TPSA) is 39.3 Å². The van der Waals surface area contributed by atoms with Crippen molar-refractivity contribution in [1.82, 2.24) is 20.9 Å². The van der Waals surface area contributed by atoms with Crippen molar-refractivity contribution in [3.8, 4) is 0 Å². The molecule has 8 fully saturated rings. The van der Waals surface area contributed by atoms with Crippen LogP contribution in [-0.2, 0) is 0 Å². The summed E-state index contributed by atoms with van der Waals surface area (Å²) in [5, 5.41) is 13.3. The van der Waals surface area contributed by atoms with Crippen LogP contribution in [0.2, 0.25) is 17.5 Å². The van der Waals surface area contributed by atoms with Crippen LogP contribution in [0, 0.1) is 11.3 Å². The Balaban J connectivity index is 1.26. The molecular formula is C34H59BN4. The van der Waals surface area contributed by atoms with Gasteiger partial charge in [-0.2, -0.15) is 0 Å². The summed E-state index contributed by atoms with van der Waals surface area (Å²) in [6.07, 6.45) is 29.8. The van der Waals surface area contributed by atoms with Gasteiger partial charge in [0.25, 0.3) is 0 Å². The molecule has 5 heteroatoms. The van der Waals surface area contributed by atoms with Crippen molar-refractivity contribution in [3.63, 3.8) is 0 Å². The highest BCUT2D eigenvalue weighted by atomic mass is 15.3. The fourth-order valence-corrected chi connectivity index (χ4v) is 13.5. The minimum atomic E-state index is 0.405.